The lowest BCUT2D eigenvalue weighted by atomic mass is 9.85. The number of carbonyl (C=O) groups excluding carboxylic acids is 3. The zero-order chi connectivity index (χ0) is 36.8. The third-order valence-corrected chi connectivity index (χ3v) is 11.2. The van der Waals surface area contributed by atoms with Crippen molar-refractivity contribution in [2.24, 2.45) is 23.7 Å². The Morgan fingerprint density at radius 1 is 0.900 bits per heavy atom. The summed E-state index contributed by atoms with van der Waals surface area (Å²) in [6, 6.07) is 0. The maximum absolute atomic E-state index is 12.9. The van der Waals surface area contributed by atoms with E-state index in [9.17, 15) is 24.6 Å². The first kappa shape index (κ1) is 42.3. The molecule has 2 amide bonds. The van der Waals surface area contributed by atoms with Crippen LogP contribution in [0.25, 0.3) is 0 Å². The van der Waals surface area contributed by atoms with Crippen molar-refractivity contribution in [3.63, 3.8) is 0 Å². The molecule has 10 nitrogen and oxygen atoms in total. The van der Waals surface area contributed by atoms with E-state index in [1.165, 1.54) is 0 Å². The molecule has 11 atom stereocenters. The molecular formula is C40H68N2O8. The highest BCUT2D eigenvalue weighted by molar-refractivity contribution is 5.89. The Morgan fingerprint density at radius 3 is 2.36 bits per heavy atom. The van der Waals surface area contributed by atoms with Gasteiger partial charge in [-0.3, -0.25) is 14.4 Å². The van der Waals surface area contributed by atoms with E-state index in [-0.39, 0.29) is 60.9 Å². The number of ether oxygens (including phenoxy) is 3. The van der Waals surface area contributed by atoms with E-state index in [0.717, 1.165) is 76.2 Å². The summed E-state index contributed by atoms with van der Waals surface area (Å²) < 4.78 is 19.5. The number of hydrogen-bond acceptors (Lipinski definition) is 8. The SMILES string of the molecule is C/C=C/C(=O)C[C@@H]1CC[C@H](C)[C@H](CC(=O)NC[C@@H](O)[C@H](C)C(=O)NCCC[C@H]2O[C@@]3(CCC[C@@H](CC[C@H](C)/C=C(\C)[C@H](C)O)O3)CC[C@@H]2C)O1. The molecule has 3 saturated heterocycles. The molecule has 286 valence electrons. The van der Waals surface area contributed by atoms with Crippen LogP contribution in [0.4, 0.5) is 0 Å². The Balaban J connectivity index is 1.36. The third-order valence-electron chi connectivity index (χ3n) is 11.2. The molecule has 50 heavy (non-hydrogen) atoms. The fourth-order valence-corrected chi connectivity index (χ4v) is 7.51. The summed E-state index contributed by atoms with van der Waals surface area (Å²) in [5, 5.41) is 26.2. The number of rotatable bonds is 18. The fourth-order valence-electron chi connectivity index (χ4n) is 7.51. The first-order valence-corrected chi connectivity index (χ1v) is 19.5. The van der Waals surface area contributed by atoms with Crippen molar-refractivity contribution in [1.29, 1.82) is 0 Å². The average Bonchev–Trinajstić information content (AvgIpc) is 3.07. The number of carbonyl (C=O) groups is 3. The number of aliphatic hydroxyl groups is 2. The first-order valence-electron chi connectivity index (χ1n) is 19.5. The van der Waals surface area contributed by atoms with E-state index < -0.39 is 23.9 Å². The van der Waals surface area contributed by atoms with Gasteiger partial charge in [-0.25, -0.2) is 0 Å². The van der Waals surface area contributed by atoms with Gasteiger partial charge in [0.15, 0.2) is 11.6 Å². The summed E-state index contributed by atoms with van der Waals surface area (Å²) in [7, 11) is 0. The number of nitrogens with one attached hydrogen (secondary N) is 2. The highest BCUT2D eigenvalue weighted by Gasteiger charge is 2.44. The van der Waals surface area contributed by atoms with Gasteiger partial charge in [0.2, 0.25) is 11.8 Å². The standard InChI is InChI=1S/C40H68N2O8/c1-8-11-32(44)23-34-17-15-27(3)37(48-34)24-38(46)42-25-35(45)30(6)39(47)41-21-10-13-36-28(4)18-20-40(50-36)19-9-12-33(49-40)16-14-26(2)22-29(5)31(7)43/h8,11,22,26-28,30-31,33-37,43,45H,9-10,12-21,23-25H2,1-7H3,(H,41,47)(H,42,46)/b11-8+,29-22+/t26-,27-,28-,30-,31-,33-,34-,35+,36+,37-,40-/m0/s1. The topological polar surface area (TPSA) is 143 Å². The van der Waals surface area contributed by atoms with Crippen LogP contribution in [-0.4, -0.2) is 83.3 Å². The zero-order valence-electron chi connectivity index (χ0n) is 32.0. The van der Waals surface area contributed by atoms with Crippen LogP contribution in [0.2, 0.25) is 0 Å². The molecule has 3 rings (SSSR count). The van der Waals surface area contributed by atoms with Crippen molar-refractivity contribution in [3.8, 4) is 0 Å². The lowest BCUT2D eigenvalue weighted by Gasteiger charge is -2.48. The summed E-state index contributed by atoms with van der Waals surface area (Å²) in [6.45, 7) is 14.2. The third kappa shape index (κ3) is 13.8. The maximum Gasteiger partial charge on any atom is 0.225 e. The Morgan fingerprint density at radius 2 is 1.64 bits per heavy atom. The fraction of sp³-hybridized carbons (Fsp3) is 0.825. The molecular weight excluding hydrogens is 636 g/mol. The van der Waals surface area contributed by atoms with Gasteiger partial charge in [0, 0.05) is 32.4 Å². The van der Waals surface area contributed by atoms with Gasteiger partial charge in [0.05, 0.1) is 49.0 Å². The molecule has 3 heterocycles. The Hall–Kier alpha value is -2.11. The second-order valence-electron chi connectivity index (χ2n) is 15.7. The number of aliphatic hydroxyl groups excluding tert-OH is 2. The number of allylic oxidation sites excluding steroid dienone is 3. The van der Waals surface area contributed by atoms with Crippen molar-refractivity contribution in [2.45, 2.75) is 174 Å². The van der Waals surface area contributed by atoms with E-state index >= 15 is 0 Å². The van der Waals surface area contributed by atoms with Crippen LogP contribution in [0.15, 0.2) is 23.8 Å². The predicted molar refractivity (Wildman–Crippen MR) is 195 cm³/mol. The van der Waals surface area contributed by atoms with E-state index in [4.69, 9.17) is 14.2 Å². The number of amides is 2. The highest BCUT2D eigenvalue weighted by atomic mass is 16.7. The second kappa shape index (κ2) is 20.8. The van der Waals surface area contributed by atoms with Gasteiger partial charge < -0.3 is 35.1 Å². The van der Waals surface area contributed by atoms with Crippen molar-refractivity contribution in [2.75, 3.05) is 13.1 Å². The molecule has 0 aromatic rings. The molecule has 0 radical (unpaired) electrons. The summed E-state index contributed by atoms with van der Waals surface area (Å²) in [6.07, 6.45) is 14.5. The van der Waals surface area contributed by atoms with Crippen LogP contribution in [0.1, 0.15) is 132 Å². The quantitative estimate of drug-likeness (QED) is 0.0782. The van der Waals surface area contributed by atoms with Crippen molar-refractivity contribution < 1.29 is 38.8 Å². The normalized spacial score (nSPS) is 31.6. The molecule has 0 aromatic heterocycles. The molecule has 0 aromatic carbocycles. The molecule has 3 aliphatic rings. The molecule has 3 fully saturated rings. The molecule has 1 spiro atoms. The Labute approximate surface area is 301 Å². The number of hydrogen-bond donors (Lipinski definition) is 4. The first-order chi connectivity index (χ1) is 23.7. The van der Waals surface area contributed by atoms with E-state index in [2.05, 4.69) is 30.6 Å². The molecule has 0 saturated carbocycles. The largest absolute Gasteiger partial charge is 0.390 e. The van der Waals surface area contributed by atoms with Gasteiger partial charge in [0.1, 0.15) is 0 Å². The number of ketones is 1. The summed E-state index contributed by atoms with van der Waals surface area (Å²) in [5.41, 5.74) is 1.01. The van der Waals surface area contributed by atoms with Crippen LogP contribution in [-0.2, 0) is 28.6 Å². The predicted octanol–water partition coefficient (Wildman–Crippen LogP) is 5.93. The Kier molecular flexibility index (Phi) is 17.6. The van der Waals surface area contributed by atoms with E-state index in [1.54, 1.807) is 26.0 Å². The minimum atomic E-state index is -1.02. The molecule has 0 bridgehead atoms. The smallest absolute Gasteiger partial charge is 0.225 e. The summed E-state index contributed by atoms with van der Waals surface area (Å²) >= 11 is 0. The molecule has 0 unspecified atom stereocenters. The molecule has 10 heteroatoms. The van der Waals surface area contributed by atoms with E-state index in [0.29, 0.717) is 24.8 Å². The molecule has 3 aliphatic heterocycles. The van der Waals surface area contributed by atoms with Crippen LogP contribution in [0, 0.1) is 23.7 Å². The Bertz CT molecular complexity index is 1140. The monoisotopic (exact) mass is 704 g/mol. The van der Waals surface area contributed by atoms with Crippen molar-refractivity contribution in [1.82, 2.24) is 10.6 Å². The van der Waals surface area contributed by atoms with Crippen LogP contribution in [0.5, 0.6) is 0 Å². The summed E-state index contributed by atoms with van der Waals surface area (Å²) in [4.78, 5) is 37.6. The molecule has 0 aliphatic carbocycles. The van der Waals surface area contributed by atoms with E-state index in [1.807, 2.05) is 20.8 Å². The van der Waals surface area contributed by atoms with Crippen LogP contribution < -0.4 is 10.6 Å². The van der Waals surface area contributed by atoms with Crippen molar-refractivity contribution >= 4 is 17.6 Å². The lowest BCUT2D eigenvalue weighted by molar-refractivity contribution is -0.324. The summed E-state index contributed by atoms with van der Waals surface area (Å²) in [5.74, 6) is -0.680. The van der Waals surface area contributed by atoms with Crippen molar-refractivity contribution in [3.05, 3.63) is 23.8 Å². The molecule has 4 N–H and O–H groups in total. The highest BCUT2D eigenvalue weighted by Crippen LogP contribution is 2.43. The van der Waals surface area contributed by atoms with Crippen LogP contribution in [0.3, 0.4) is 0 Å². The van der Waals surface area contributed by atoms with Crippen LogP contribution >= 0.6 is 0 Å². The van der Waals surface area contributed by atoms with Gasteiger partial charge in [0.25, 0.3) is 0 Å². The van der Waals surface area contributed by atoms with Gasteiger partial charge in [-0.2, -0.15) is 0 Å². The minimum absolute atomic E-state index is 0.0223. The minimum Gasteiger partial charge on any atom is -0.390 e. The van der Waals surface area contributed by atoms with Gasteiger partial charge >= 0.3 is 0 Å². The lowest BCUT2D eigenvalue weighted by Crippen LogP contribution is -2.50. The zero-order valence-corrected chi connectivity index (χ0v) is 32.0. The van der Waals surface area contributed by atoms with Gasteiger partial charge in [-0.05, 0) is 108 Å². The second-order valence-corrected chi connectivity index (χ2v) is 15.7. The van der Waals surface area contributed by atoms with Gasteiger partial charge in [-0.15, -0.1) is 0 Å². The van der Waals surface area contributed by atoms with Gasteiger partial charge in [-0.1, -0.05) is 39.8 Å². The maximum atomic E-state index is 12.9. The average molecular weight is 705 g/mol.